The smallest absolute Gasteiger partial charge is 0.335 e. The van der Waals surface area contributed by atoms with Crippen LogP contribution in [0.2, 0.25) is 0 Å². The molecule has 4 rings (SSSR count). The number of carboxylic acid groups (broad SMARTS) is 1. The minimum absolute atomic E-state index is 0.137. The fourth-order valence-corrected chi connectivity index (χ4v) is 6.50. The Balaban J connectivity index is 0.00000282. The molecule has 0 saturated carbocycles. The Hall–Kier alpha value is -4.13. The van der Waals surface area contributed by atoms with Crippen molar-refractivity contribution in [2.45, 2.75) is 85.6 Å². The van der Waals surface area contributed by atoms with Crippen LogP contribution in [0.1, 0.15) is 101 Å². The zero-order valence-electron chi connectivity index (χ0n) is 28.7. The van der Waals surface area contributed by atoms with E-state index in [0.717, 1.165) is 66.6 Å². The van der Waals surface area contributed by atoms with Crippen LogP contribution in [0.5, 0.6) is 0 Å². The van der Waals surface area contributed by atoms with Gasteiger partial charge in [0, 0.05) is 61.7 Å². The molecule has 1 amide bonds. The van der Waals surface area contributed by atoms with E-state index in [0.29, 0.717) is 26.1 Å². The average Bonchev–Trinajstić information content (AvgIpc) is 3.41. The summed E-state index contributed by atoms with van der Waals surface area (Å²) in [5.74, 6) is -0.860. The van der Waals surface area contributed by atoms with Crippen molar-refractivity contribution in [3.05, 3.63) is 90.9 Å². The van der Waals surface area contributed by atoms with E-state index in [1.807, 2.05) is 62.1 Å². The number of aromatic carboxylic acids is 1. The number of unbranched alkanes of at least 4 members (excludes halogenated alkanes) is 2. The van der Waals surface area contributed by atoms with Gasteiger partial charge in [0.1, 0.15) is 0 Å². The molecule has 1 fully saturated rings. The van der Waals surface area contributed by atoms with Crippen LogP contribution < -0.4 is 4.90 Å². The van der Waals surface area contributed by atoms with Gasteiger partial charge < -0.3 is 19.5 Å². The maximum Gasteiger partial charge on any atom is 0.335 e. The second-order valence-corrected chi connectivity index (χ2v) is 11.9. The van der Waals surface area contributed by atoms with Gasteiger partial charge in [0.2, 0.25) is 5.91 Å². The Morgan fingerprint density at radius 2 is 1.74 bits per heavy atom. The van der Waals surface area contributed by atoms with Gasteiger partial charge >= 0.3 is 5.97 Å². The largest absolute Gasteiger partial charge is 0.478 e. The van der Waals surface area contributed by atoms with Gasteiger partial charge in [-0.1, -0.05) is 77.8 Å². The molecule has 3 heterocycles. The number of allylic oxidation sites excluding steroid dienone is 4. The monoisotopic (exact) mass is 626 g/mol. The molecule has 0 spiro atoms. The van der Waals surface area contributed by atoms with Crippen LogP contribution in [0.4, 0.5) is 5.69 Å². The summed E-state index contributed by atoms with van der Waals surface area (Å²) in [6, 6.07) is 9.43. The first kappa shape index (κ1) is 36.3. The predicted octanol–water partition coefficient (Wildman–Crippen LogP) is 8.97. The highest BCUT2D eigenvalue weighted by Crippen LogP contribution is 2.39. The molecule has 1 aromatic carbocycles. The number of anilines is 1. The lowest BCUT2D eigenvalue weighted by atomic mass is 9.90. The Bertz CT molecular complexity index is 1480. The van der Waals surface area contributed by atoms with Crippen molar-refractivity contribution in [2.24, 2.45) is 5.92 Å². The molecule has 46 heavy (non-hydrogen) atoms. The van der Waals surface area contributed by atoms with Crippen molar-refractivity contribution in [1.82, 2.24) is 14.5 Å². The third-order valence-corrected chi connectivity index (χ3v) is 8.85. The van der Waals surface area contributed by atoms with Crippen molar-refractivity contribution in [3.63, 3.8) is 0 Å². The van der Waals surface area contributed by atoms with Crippen LogP contribution in [0.25, 0.3) is 16.5 Å². The highest BCUT2D eigenvalue weighted by atomic mass is 16.4. The molecule has 7 heteroatoms. The molecule has 1 aliphatic heterocycles. The molecule has 2 unspecified atom stereocenters. The molecule has 0 bridgehead atoms. The number of amides is 1. The Labute approximate surface area is 276 Å². The average molecular weight is 627 g/mol. The number of nitrogens with zero attached hydrogens (tertiary/aromatic N) is 4. The maximum absolute atomic E-state index is 14.2. The molecule has 1 aliphatic rings. The minimum atomic E-state index is -0.961. The van der Waals surface area contributed by atoms with Crippen LogP contribution in [-0.2, 0) is 11.3 Å². The van der Waals surface area contributed by atoms with Gasteiger partial charge in [0.05, 0.1) is 17.2 Å². The van der Waals surface area contributed by atoms with E-state index in [9.17, 15) is 14.7 Å². The van der Waals surface area contributed by atoms with Gasteiger partial charge in [-0.15, -0.1) is 6.58 Å². The van der Waals surface area contributed by atoms with Crippen molar-refractivity contribution >= 4 is 34.0 Å². The number of hydrogen-bond donors (Lipinski definition) is 1. The van der Waals surface area contributed by atoms with E-state index >= 15 is 0 Å². The van der Waals surface area contributed by atoms with Gasteiger partial charge in [-0.3, -0.25) is 9.78 Å². The lowest BCUT2D eigenvalue weighted by molar-refractivity contribution is -0.136. The molecule has 3 aromatic rings. The van der Waals surface area contributed by atoms with Crippen LogP contribution >= 0.6 is 0 Å². The molecule has 0 aliphatic carbocycles. The van der Waals surface area contributed by atoms with E-state index in [1.165, 1.54) is 12.0 Å². The number of pyridine rings is 1. The first-order valence-electron chi connectivity index (χ1n) is 17.1. The molecule has 1 N–H and O–H groups in total. The van der Waals surface area contributed by atoms with E-state index < -0.39 is 5.97 Å². The van der Waals surface area contributed by atoms with E-state index in [-0.39, 0.29) is 23.3 Å². The van der Waals surface area contributed by atoms with E-state index in [2.05, 4.69) is 41.5 Å². The number of benzene rings is 1. The first-order valence-corrected chi connectivity index (χ1v) is 17.1. The fraction of sp³-hybridized carbons (Fsp3) is 0.462. The molecular weight excluding hydrogens is 572 g/mol. The highest BCUT2D eigenvalue weighted by Gasteiger charge is 2.31. The Morgan fingerprint density at radius 1 is 1.04 bits per heavy atom. The van der Waals surface area contributed by atoms with Crippen molar-refractivity contribution in [1.29, 1.82) is 0 Å². The summed E-state index contributed by atoms with van der Waals surface area (Å²) >= 11 is 0. The second-order valence-electron chi connectivity index (χ2n) is 11.9. The number of rotatable bonds is 15. The van der Waals surface area contributed by atoms with Crippen LogP contribution in [-0.4, -0.2) is 57.6 Å². The Morgan fingerprint density at radius 3 is 2.35 bits per heavy atom. The van der Waals surface area contributed by atoms with Crippen molar-refractivity contribution in [2.75, 3.05) is 31.1 Å². The number of aromatic nitrogens is 2. The summed E-state index contributed by atoms with van der Waals surface area (Å²) in [5.41, 5.74) is 5.28. The summed E-state index contributed by atoms with van der Waals surface area (Å²) in [4.78, 5) is 34.7. The molecule has 0 radical (unpaired) electrons. The van der Waals surface area contributed by atoms with Crippen molar-refractivity contribution < 1.29 is 14.7 Å². The molecule has 7 nitrogen and oxygen atoms in total. The van der Waals surface area contributed by atoms with Crippen LogP contribution in [0.15, 0.2) is 74.1 Å². The van der Waals surface area contributed by atoms with Gasteiger partial charge in [0.15, 0.2) is 0 Å². The predicted molar refractivity (Wildman–Crippen MR) is 193 cm³/mol. The lowest BCUT2D eigenvalue weighted by Gasteiger charge is -2.37. The van der Waals surface area contributed by atoms with E-state index in [4.69, 9.17) is 0 Å². The van der Waals surface area contributed by atoms with Crippen molar-refractivity contribution in [3.8, 4) is 0 Å². The standard InChI is InChI=1S/C37H48N4O3.C2H6/c1-6-9-11-13-27(4)34-32-16-15-29(37(43)44)25-33(32)41(35(34)28(5)12-8-3)26-30(14-10-7-2)36(42)40-23-21-39(22-24-40)31-17-19-38-20-18-31;1-2/h7-8,12,15-20,25,27,30H,2,5-6,9-11,13-14,21-24,26H2,1,3-4H3,(H,43,44);1-2H3/b12-8-;. The summed E-state index contributed by atoms with van der Waals surface area (Å²) in [6.45, 7) is 22.1. The quantitative estimate of drug-likeness (QED) is 0.104. The topological polar surface area (TPSA) is 78.7 Å². The summed E-state index contributed by atoms with van der Waals surface area (Å²) < 4.78 is 2.19. The minimum Gasteiger partial charge on any atom is -0.478 e. The third-order valence-electron chi connectivity index (χ3n) is 8.85. The van der Waals surface area contributed by atoms with Gasteiger partial charge in [-0.05, 0) is 67.5 Å². The zero-order chi connectivity index (χ0) is 33.6. The molecular formula is C39H54N4O3. The van der Waals surface area contributed by atoms with E-state index in [1.54, 1.807) is 24.5 Å². The van der Waals surface area contributed by atoms with Gasteiger partial charge in [-0.2, -0.15) is 0 Å². The van der Waals surface area contributed by atoms with Gasteiger partial charge in [-0.25, -0.2) is 4.79 Å². The number of piperazine rings is 1. The fourth-order valence-electron chi connectivity index (χ4n) is 6.50. The summed E-state index contributed by atoms with van der Waals surface area (Å²) in [7, 11) is 0. The molecule has 1 saturated heterocycles. The van der Waals surface area contributed by atoms with Crippen LogP contribution in [0.3, 0.4) is 0 Å². The first-order chi connectivity index (χ1) is 22.3. The highest BCUT2D eigenvalue weighted by molar-refractivity contribution is 5.98. The number of carbonyl (C=O) groups is 2. The third kappa shape index (κ3) is 8.77. The molecule has 2 atom stereocenters. The van der Waals surface area contributed by atoms with Crippen LogP contribution in [0, 0.1) is 5.92 Å². The molecule has 2 aromatic heterocycles. The lowest BCUT2D eigenvalue weighted by Crippen LogP contribution is -2.51. The summed E-state index contributed by atoms with van der Waals surface area (Å²) in [5, 5.41) is 10.9. The normalized spacial score (nSPS) is 14.5. The second kappa shape index (κ2) is 18.1. The summed E-state index contributed by atoms with van der Waals surface area (Å²) in [6.07, 6.45) is 15.3. The maximum atomic E-state index is 14.2. The SMILES string of the molecule is C=CCCC(Cn1c(C(=C)/C=C\C)c(C(C)CCCCC)c2ccc(C(=O)O)cc21)C(=O)N1CCN(c2ccncc2)CC1.CC. The zero-order valence-corrected chi connectivity index (χ0v) is 28.7. The number of carboxylic acids is 1. The number of carbonyl (C=O) groups excluding carboxylic acids is 1. The molecule has 248 valence electrons. The Kier molecular flexibility index (Phi) is 14.3. The number of fused-ring (bicyclic) bond motifs is 1. The number of hydrogen-bond acceptors (Lipinski definition) is 4. The van der Waals surface area contributed by atoms with Gasteiger partial charge in [0.25, 0.3) is 0 Å².